The van der Waals surface area contributed by atoms with Crippen LogP contribution in [0.4, 0.5) is 5.69 Å². The van der Waals surface area contributed by atoms with E-state index in [1.807, 2.05) is 18.2 Å². The van der Waals surface area contributed by atoms with Gasteiger partial charge in [-0.25, -0.2) is 0 Å². The first kappa shape index (κ1) is 13.9. The second-order valence-electron chi connectivity index (χ2n) is 5.66. The number of hydrogen-bond acceptors (Lipinski definition) is 4. The van der Waals surface area contributed by atoms with Crippen molar-refractivity contribution in [1.82, 2.24) is 0 Å². The van der Waals surface area contributed by atoms with Crippen molar-refractivity contribution in [2.45, 2.75) is 12.2 Å². The molecule has 0 saturated heterocycles. The number of non-ortho nitro benzene ring substituents is 1. The zero-order valence-electron chi connectivity index (χ0n) is 12.0. The second kappa shape index (κ2) is 4.87. The first-order chi connectivity index (χ1) is 11.1. The fourth-order valence-electron chi connectivity index (χ4n) is 3.28. The molecule has 2 unspecified atom stereocenters. The zero-order chi connectivity index (χ0) is 16.1. The standard InChI is InChI=1S/C18H13NO4/c20-16-8-7-12-14(18(16)21)6-5-13-15(12)9-10-3-1-2-4-11(10)17(13)19(22)23/h1-9,16,18,20-21H. The molecule has 3 aromatic carbocycles. The largest absolute Gasteiger partial charge is 0.386 e. The Balaban J connectivity index is 2.19. The van der Waals surface area contributed by atoms with Gasteiger partial charge in [-0.15, -0.1) is 0 Å². The highest BCUT2D eigenvalue weighted by molar-refractivity contribution is 6.10. The van der Waals surface area contributed by atoms with Crippen LogP contribution in [0.1, 0.15) is 17.2 Å². The number of nitrogens with zero attached hydrogens (tertiary/aromatic N) is 1. The van der Waals surface area contributed by atoms with Gasteiger partial charge in [-0.1, -0.05) is 36.4 Å². The van der Waals surface area contributed by atoms with Gasteiger partial charge in [-0.3, -0.25) is 10.1 Å². The van der Waals surface area contributed by atoms with E-state index in [9.17, 15) is 20.3 Å². The van der Waals surface area contributed by atoms with Gasteiger partial charge in [-0.2, -0.15) is 0 Å². The van der Waals surface area contributed by atoms with Gasteiger partial charge in [0.2, 0.25) is 0 Å². The third kappa shape index (κ3) is 1.94. The number of aliphatic hydroxyl groups excluding tert-OH is 2. The van der Waals surface area contributed by atoms with Gasteiger partial charge >= 0.3 is 0 Å². The number of hydrogen-bond donors (Lipinski definition) is 2. The van der Waals surface area contributed by atoms with Crippen molar-refractivity contribution < 1.29 is 15.1 Å². The fourth-order valence-corrected chi connectivity index (χ4v) is 3.28. The molecule has 3 aromatic rings. The van der Waals surface area contributed by atoms with E-state index in [1.54, 1.807) is 30.3 Å². The molecule has 5 nitrogen and oxygen atoms in total. The molecule has 0 amide bonds. The van der Waals surface area contributed by atoms with Crippen LogP contribution in [0.3, 0.4) is 0 Å². The van der Waals surface area contributed by atoms with Crippen LogP contribution >= 0.6 is 0 Å². The molecule has 0 aliphatic heterocycles. The topological polar surface area (TPSA) is 83.6 Å². The Morgan fingerprint density at radius 2 is 1.78 bits per heavy atom. The van der Waals surface area contributed by atoms with Gasteiger partial charge in [0.15, 0.2) is 0 Å². The van der Waals surface area contributed by atoms with Gasteiger partial charge in [0.05, 0.1) is 15.7 Å². The lowest BCUT2D eigenvalue weighted by molar-refractivity contribution is -0.381. The van der Waals surface area contributed by atoms with E-state index in [2.05, 4.69) is 0 Å². The van der Waals surface area contributed by atoms with E-state index in [4.69, 9.17) is 0 Å². The quantitative estimate of drug-likeness (QED) is 0.410. The molecule has 114 valence electrons. The highest BCUT2D eigenvalue weighted by Gasteiger charge is 2.26. The van der Waals surface area contributed by atoms with Gasteiger partial charge in [0.1, 0.15) is 12.2 Å². The number of nitro benzene ring substituents is 1. The molecular weight excluding hydrogens is 294 g/mol. The lowest BCUT2D eigenvalue weighted by Gasteiger charge is -2.23. The summed E-state index contributed by atoms with van der Waals surface area (Å²) in [6.45, 7) is 0. The van der Waals surface area contributed by atoms with E-state index < -0.39 is 12.2 Å². The van der Waals surface area contributed by atoms with Crippen LogP contribution < -0.4 is 0 Å². The summed E-state index contributed by atoms with van der Waals surface area (Å²) >= 11 is 0. The molecule has 1 aliphatic rings. The maximum atomic E-state index is 11.6. The molecule has 0 bridgehead atoms. The fraction of sp³-hybridized carbons (Fsp3) is 0.111. The van der Waals surface area contributed by atoms with Gasteiger partial charge < -0.3 is 10.2 Å². The van der Waals surface area contributed by atoms with Crippen molar-refractivity contribution >= 4 is 33.3 Å². The smallest absolute Gasteiger partial charge is 0.284 e. The Kier molecular flexibility index (Phi) is 2.94. The number of rotatable bonds is 1. The van der Waals surface area contributed by atoms with Crippen LogP contribution in [-0.2, 0) is 0 Å². The molecule has 0 saturated carbocycles. The van der Waals surface area contributed by atoms with E-state index in [-0.39, 0.29) is 10.6 Å². The number of fused-ring (bicyclic) bond motifs is 4. The molecule has 0 heterocycles. The predicted octanol–water partition coefficient (Wildman–Crippen LogP) is 3.32. The van der Waals surface area contributed by atoms with Crippen LogP contribution in [0, 0.1) is 10.1 Å². The van der Waals surface area contributed by atoms with Gasteiger partial charge in [0, 0.05) is 0 Å². The molecule has 2 N–H and O–H groups in total. The normalized spacial score (nSPS) is 19.9. The minimum Gasteiger partial charge on any atom is -0.386 e. The monoisotopic (exact) mass is 307 g/mol. The van der Waals surface area contributed by atoms with E-state index in [0.717, 1.165) is 5.39 Å². The summed E-state index contributed by atoms with van der Waals surface area (Å²) in [4.78, 5) is 11.2. The maximum Gasteiger partial charge on any atom is 0.284 e. The lowest BCUT2D eigenvalue weighted by Crippen LogP contribution is -2.19. The number of aliphatic hydroxyl groups is 2. The Morgan fingerprint density at radius 1 is 1.00 bits per heavy atom. The first-order valence-corrected chi connectivity index (χ1v) is 7.25. The summed E-state index contributed by atoms with van der Waals surface area (Å²) < 4.78 is 0. The highest BCUT2D eigenvalue weighted by Crippen LogP contribution is 2.40. The molecule has 0 fully saturated rings. The predicted molar refractivity (Wildman–Crippen MR) is 88.1 cm³/mol. The van der Waals surface area contributed by atoms with Crippen molar-refractivity contribution in [2.24, 2.45) is 0 Å². The molecule has 2 atom stereocenters. The second-order valence-corrected chi connectivity index (χ2v) is 5.66. The van der Waals surface area contributed by atoms with Gasteiger partial charge in [-0.05, 0) is 40.1 Å². The summed E-state index contributed by atoms with van der Waals surface area (Å²) in [5, 5.41) is 34.1. The van der Waals surface area contributed by atoms with E-state index in [0.29, 0.717) is 27.3 Å². The summed E-state index contributed by atoms with van der Waals surface area (Å²) in [5.41, 5.74) is 1.36. The van der Waals surface area contributed by atoms with Crippen LogP contribution in [0.15, 0.2) is 48.5 Å². The molecule has 0 radical (unpaired) electrons. The minimum atomic E-state index is -1.02. The molecule has 1 aliphatic carbocycles. The minimum absolute atomic E-state index is 0.0647. The molecule has 0 aromatic heterocycles. The van der Waals surface area contributed by atoms with Gasteiger partial charge in [0.25, 0.3) is 5.69 Å². The lowest BCUT2D eigenvalue weighted by atomic mass is 9.87. The maximum absolute atomic E-state index is 11.6. The SMILES string of the molecule is O=[N+]([O-])c1c2ccccc2cc2c3c(ccc12)C(O)C(O)C=C3. The Labute approximate surface area is 131 Å². The Morgan fingerprint density at radius 3 is 2.57 bits per heavy atom. The molecule has 23 heavy (non-hydrogen) atoms. The Bertz CT molecular complexity index is 993. The van der Waals surface area contributed by atoms with Crippen LogP contribution in [0.2, 0.25) is 0 Å². The third-order valence-corrected chi connectivity index (χ3v) is 4.38. The van der Waals surface area contributed by atoms with Crippen molar-refractivity contribution in [1.29, 1.82) is 0 Å². The van der Waals surface area contributed by atoms with Crippen molar-refractivity contribution in [2.75, 3.05) is 0 Å². The summed E-state index contributed by atoms with van der Waals surface area (Å²) in [6, 6.07) is 12.4. The molecular formula is C18H13NO4. The van der Waals surface area contributed by atoms with Crippen LogP contribution in [0.5, 0.6) is 0 Å². The number of benzene rings is 3. The molecule has 5 heteroatoms. The third-order valence-electron chi connectivity index (χ3n) is 4.38. The van der Waals surface area contributed by atoms with Crippen LogP contribution in [-0.4, -0.2) is 21.2 Å². The average Bonchev–Trinajstić information content (AvgIpc) is 2.55. The summed E-state index contributed by atoms with van der Waals surface area (Å²) in [7, 11) is 0. The van der Waals surface area contributed by atoms with Crippen LogP contribution in [0.25, 0.3) is 27.6 Å². The first-order valence-electron chi connectivity index (χ1n) is 7.25. The highest BCUT2D eigenvalue weighted by atomic mass is 16.6. The summed E-state index contributed by atoms with van der Waals surface area (Å²) in [5.74, 6) is 0. The number of nitro groups is 1. The van der Waals surface area contributed by atoms with Crippen molar-refractivity contribution in [3.05, 3.63) is 69.8 Å². The summed E-state index contributed by atoms with van der Waals surface area (Å²) in [6.07, 6.45) is 1.24. The Hall–Kier alpha value is -2.76. The van der Waals surface area contributed by atoms with E-state index in [1.165, 1.54) is 6.08 Å². The average molecular weight is 307 g/mol. The van der Waals surface area contributed by atoms with E-state index >= 15 is 0 Å². The van der Waals surface area contributed by atoms with Crippen molar-refractivity contribution in [3.8, 4) is 0 Å². The molecule has 0 spiro atoms. The zero-order valence-corrected chi connectivity index (χ0v) is 12.0. The molecule has 4 rings (SSSR count). The van der Waals surface area contributed by atoms with Crippen molar-refractivity contribution in [3.63, 3.8) is 0 Å².